The molecule has 1 aliphatic heterocycles. The molecule has 4 rings (SSSR count). The summed E-state index contributed by atoms with van der Waals surface area (Å²) >= 11 is 0. The summed E-state index contributed by atoms with van der Waals surface area (Å²) < 4.78 is 32.9. The van der Waals surface area contributed by atoms with Gasteiger partial charge < -0.3 is 10.1 Å². The van der Waals surface area contributed by atoms with Gasteiger partial charge in [-0.3, -0.25) is 9.69 Å². The van der Waals surface area contributed by atoms with E-state index in [0.717, 1.165) is 15.4 Å². The number of urea groups is 1. The highest BCUT2D eigenvalue weighted by molar-refractivity contribution is 7.94. The van der Waals surface area contributed by atoms with Crippen molar-refractivity contribution in [3.63, 3.8) is 0 Å². The molecule has 34 heavy (non-hydrogen) atoms. The smallest absolute Gasteiger partial charge is 0.343 e. The molecule has 8 nitrogen and oxygen atoms in total. The first kappa shape index (κ1) is 23.3. The molecule has 3 aromatic carbocycles. The Bertz CT molecular complexity index is 1370. The van der Waals surface area contributed by atoms with Crippen molar-refractivity contribution in [2.75, 3.05) is 22.9 Å². The molecule has 0 aromatic heterocycles. The second-order valence-corrected chi connectivity index (χ2v) is 9.78. The molecule has 176 valence electrons. The summed E-state index contributed by atoms with van der Waals surface area (Å²) in [5.74, 6) is 0.243. The Hall–Kier alpha value is -3.85. The van der Waals surface area contributed by atoms with E-state index in [1.807, 2.05) is 25.1 Å². The summed E-state index contributed by atoms with van der Waals surface area (Å²) in [6.45, 7) is 3.46. The standard InChI is InChI=1S/C25H25N3O5S/c1-17-11-12-18(2)22(13-17)28-25(30)27(21-9-4-5-10-23(21)34(28,31)32)16-24(29)26-15-19-7-6-8-20(14-19)33-3/h4-14H,15-16H2,1-3H3,(H,26,29). The van der Waals surface area contributed by atoms with E-state index in [9.17, 15) is 18.0 Å². The number of para-hydroxylation sites is 1. The first-order chi connectivity index (χ1) is 16.2. The van der Waals surface area contributed by atoms with E-state index in [2.05, 4.69) is 5.32 Å². The number of aryl methyl sites for hydroxylation is 2. The fraction of sp³-hybridized carbons (Fsp3) is 0.200. The Morgan fingerprint density at radius 3 is 2.50 bits per heavy atom. The Labute approximate surface area is 198 Å². The third-order valence-corrected chi connectivity index (χ3v) is 7.32. The summed E-state index contributed by atoms with van der Waals surface area (Å²) in [6.07, 6.45) is 0. The van der Waals surface area contributed by atoms with Crippen molar-refractivity contribution < 1.29 is 22.7 Å². The van der Waals surface area contributed by atoms with Crippen LogP contribution in [0, 0.1) is 13.8 Å². The fourth-order valence-electron chi connectivity index (χ4n) is 3.82. The number of nitrogens with zero attached hydrogens (tertiary/aromatic N) is 2. The Balaban J connectivity index is 1.65. The van der Waals surface area contributed by atoms with E-state index in [0.29, 0.717) is 11.3 Å². The first-order valence-electron chi connectivity index (χ1n) is 10.6. The molecule has 0 bridgehead atoms. The summed E-state index contributed by atoms with van der Waals surface area (Å²) in [7, 11) is -2.60. The van der Waals surface area contributed by atoms with Crippen LogP contribution in [0.3, 0.4) is 0 Å². The summed E-state index contributed by atoms with van der Waals surface area (Å²) in [5.41, 5.74) is 2.71. The van der Waals surface area contributed by atoms with Crippen LogP contribution in [0.25, 0.3) is 0 Å². The predicted octanol–water partition coefficient (Wildman–Crippen LogP) is 3.76. The van der Waals surface area contributed by atoms with Crippen molar-refractivity contribution in [1.29, 1.82) is 0 Å². The van der Waals surface area contributed by atoms with Crippen molar-refractivity contribution in [2.24, 2.45) is 0 Å². The van der Waals surface area contributed by atoms with Gasteiger partial charge in [0.15, 0.2) is 0 Å². The van der Waals surface area contributed by atoms with Crippen molar-refractivity contribution in [1.82, 2.24) is 5.32 Å². The van der Waals surface area contributed by atoms with Crippen LogP contribution in [0.4, 0.5) is 16.2 Å². The van der Waals surface area contributed by atoms with Crippen LogP contribution in [0.15, 0.2) is 71.6 Å². The normalized spacial score (nSPS) is 14.5. The Morgan fingerprint density at radius 1 is 0.971 bits per heavy atom. The van der Waals surface area contributed by atoms with Crippen molar-refractivity contribution in [3.05, 3.63) is 83.4 Å². The molecule has 0 fully saturated rings. The number of carbonyl (C=O) groups is 2. The van der Waals surface area contributed by atoms with Crippen LogP contribution >= 0.6 is 0 Å². The second kappa shape index (κ2) is 9.18. The van der Waals surface area contributed by atoms with Crippen LogP contribution in [0.2, 0.25) is 0 Å². The maximum Gasteiger partial charge on any atom is 0.343 e. The van der Waals surface area contributed by atoms with Gasteiger partial charge in [-0.25, -0.2) is 13.2 Å². The number of benzene rings is 3. The molecule has 9 heteroatoms. The highest BCUT2D eigenvalue weighted by atomic mass is 32.2. The van der Waals surface area contributed by atoms with E-state index in [4.69, 9.17) is 4.74 Å². The molecule has 1 aliphatic rings. The number of nitrogens with one attached hydrogen (secondary N) is 1. The quantitative estimate of drug-likeness (QED) is 0.581. The number of carbonyl (C=O) groups excluding carboxylic acids is 2. The molecule has 1 heterocycles. The van der Waals surface area contributed by atoms with Crippen LogP contribution < -0.4 is 19.3 Å². The molecule has 0 aliphatic carbocycles. The lowest BCUT2D eigenvalue weighted by molar-refractivity contribution is -0.119. The molecule has 3 aromatic rings. The summed E-state index contributed by atoms with van der Waals surface area (Å²) in [6, 6.07) is 17.9. The minimum absolute atomic E-state index is 0.0314. The number of sulfonamides is 1. The lowest BCUT2D eigenvalue weighted by Gasteiger charge is -2.36. The van der Waals surface area contributed by atoms with Gasteiger partial charge in [0.05, 0.1) is 18.5 Å². The third kappa shape index (κ3) is 4.34. The highest BCUT2D eigenvalue weighted by Gasteiger charge is 2.43. The molecule has 1 N–H and O–H groups in total. The van der Waals surface area contributed by atoms with E-state index in [1.54, 1.807) is 50.4 Å². The lowest BCUT2D eigenvalue weighted by Crippen LogP contribution is -2.53. The number of amides is 3. The van der Waals surface area contributed by atoms with Gasteiger partial charge in [-0.1, -0.05) is 36.4 Å². The van der Waals surface area contributed by atoms with Gasteiger partial charge in [-0.2, -0.15) is 4.31 Å². The monoisotopic (exact) mass is 479 g/mol. The van der Waals surface area contributed by atoms with Gasteiger partial charge in [-0.05, 0) is 60.9 Å². The first-order valence-corrected chi connectivity index (χ1v) is 12.1. The molecule has 0 saturated carbocycles. The molecule has 0 radical (unpaired) electrons. The maximum atomic E-state index is 13.5. The van der Waals surface area contributed by atoms with Gasteiger partial charge in [0.25, 0.3) is 10.0 Å². The molecule has 0 atom stereocenters. The fourth-order valence-corrected chi connectivity index (χ4v) is 5.47. The number of methoxy groups -OCH3 is 1. The van der Waals surface area contributed by atoms with Crippen LogP contribution in [0.5, 0.6) is 5.75 Å². The molecule has 0 unspecified atom stereocenters. The number of hydrogen-bond acceptors (Lipinski definition) is 5. The molecule has 3 amide bonds. The van der Waals surface area contributed by atoms with E-state index < -0.39 is 22.0 Å². The minimum Gasteiger partial charge on any atom is -0.497 e. The van der Waals surface area contributed by atoms with Crippen molar-refractivity contribution in [3.8, 4) is 5.75 Å². The van der Waals surface area contributed by atoms with Gasteiger partial charge in [0.1, 0.15) is 17.2 Å². The number of hydrogen-bond donors (Lipinski definition) is 1. The highest BCUT2D eigenvalue weighted by Crippen LogP contribution is 2.38. The largest absolute Gasteiger partial charge is 0.497 e. The zero-order chi connectivity index (χ0) is 24.5. The minimum atomic E-state index is -4.16. The SMILES string of the molecule is COc1cccc(CNC(=O)CN2C(=O)N(c3cc(C)ccc3C)S(=O)(=O)c3ccccc32)c1. The third-order valence-electron chi connectivity index (χ3n) is 5.59. The van der Waals surface area contributed by atoms with E-state index >= 15 is 0 Å². The Morgan fingerprint density at radius 2 is 1.74 bits per heavy atom. The average molecular weight is 480 g/mol. The number of anilines is 2. The second-order valence-electron chi connectivity index (χ2n) is 8.02. The summed E-state index contributed by atoms with van der Waals surface area (Å²) in [4.78, 5) is 27.5. The maximum absolute atomic E-state index is 13.5. The van der Waals surface area contributed by atoms with Crippen LogP contribution in [-0.2, 0) is 21.4 Å². The van der Waals surface area contributed by atoms with Crippen molar-refractivity contribution >= 4 is 33.3 Å². The number of rotatable bonds is 6. The number of ether oxygens (including phenoxy) is 1. The summed E-state index contributed by atoms with van der Waals surface area (Å²) in [5, 5.41) is 2.79. The zero-order valence-corrected chi connectivity index (χ0v) is 19.9. The predicted molar refractivity (Wildman–Crippen MR) is 130 cm³/mol. The Kier molecular flexibility index (Phi) is 6.30. The van der Waals surface area contributed by atoms with Crippen LogP contribution in [0.1, 0.15) is 16.7 Å². The molecule has 0 spiro atoms. The molecular formula is C25H25N3O5S. The topological polar surface area (TPSA) is 96.0 Å². The van der Waals surface area contributed by atoms with Gasteiger partial charge >= 0.3 is 6.03 Å². The molecular weight excluding hydrogens is 454 g/mol. The average Bonchev–Trinajstić information content (AvgIpc) is 2.82. The van der Waals surface area contributed by atoms with Gasteiger partial charge in [-0.15, -0.1) is 0 Å². The van der Waals surface area contributed by atoms with Crippen molar-refractivity contribution in [2.45, 2.75) is 25.3 Å². The van der Waals surface area contributed by atoms with Gasteiger partial charge in [0.2, 0.25) is 5.91 Å². The zero-order valence-electron chi connectivity index (χ0n) is 19.1. The van der Waals surface area contributed by atoms with E-state index in [1.165, 1.54) is 17.0 Å². The molecule has 0 saturated heterocycles. The van der Waals surface area contributed by atoms with Gasteiger partial charge in [0, 0.05) is 6.54 Å². The number of fused-ring (bicyclic) bond motifs is 1. The lowest BCUT2D eigenvalue weighted by atomic mass is 10.1. The van der Waals surface area contributed by atoms with E-state index in [-0.39, 0.29) is 29.4 Å². The van der Waals surface area contributed by atoms with Crippen LogP contribution in [-0.4, -0.2) is 34.0 Å².